The van der Waals surface area contributed by atoms with Crippen LogP contribution in [0.2, 0.25) is 0 Å². The number of β-lactam (4-membered cyclic amide) rings is 1. The smallest absolute Gasteiger partial charge is 0.232 e. The molecule has 2 rings (SSSR count). The highest BCUT2D eigenvalue weighted by molar-refractivity contribution is 6.02. The molecule has 0 radical (unpaired) electrons. The van der Waals surface area contributed by atoms with Crippen LogP contribution in [-0.2, 0) is 9.59 Å². The monoisotopic (exact) mass is 223 g/mol. The van der Waals surface area contributed by atoms with Crippen molar-refractivity contribution in [3.8, 4) is 0 Å². The molecule has 0 aromatic rings. The van der Waals surface area contributed by atoms with Crippen LogP contribution in [0.4, 0.5) is 0 Å². The van der Waals surface area contributed by atoms with E-state index in [9.17, 15) is 9.59 Å². The second-order valence-corrected chi connectivity index (χ2v) is 5.34. The van der Waals surface area contributed by atoms with Crippen molar-refractivity contribution in [1.29, 1.82) is 0 Å². The molecule has 2 fully saturated rings. The Labute approximate surface area is 97.2 Å². The van der Waals surface area contributed by atoms with Gasteiger partial charge in [0.05, 0.1) is 12.0 Å². The average molecular weight is 223 g/mol. The maximum absolute atomic E-state index is 12.1. The maximum Gasteiger partial charge on any atom is 0.232 e. The molecule has 0 aromatic heterocycles. The zero-order valence-electron chi connectivity index (χ0n) is 10.3. The maximum atomic E-state index is 12.1. The summed E-state index contributed by atoms with van der Waals surface area (Å²) in [7, 11) is 0. The van der Waals surface area contributed by atoms with Gasteiger partial charge in [-0.2, -0.15) is 0 Å². The van der Waals surface area contributed by atoms with Crippen LogP contribution in [-0.4, -0.2) is 22.3 Å². The number of likely N-dealkylation sites (tertiary alicyclic amines) is 1. The molecule has 1 saturated heterocycles. The van der Waals surface area contributed by atoms with E-state index in [1.54, 1.807) is 4.90 Å². The van der Waals surface area contributed by atoms with E-state index in [1.807, 2.05) is 13.8 Å². The molecule has 2 amide bonds. The van der Waals surface area contributed by atoms with Gasteiger partial charge in [0, 0.05) is 5.92 Å². The Morgan fingerprint density at radius 3 is 2.50 bits per heavy atom. The van der Waals surface area contributed by atoms with Gasteiger partial charge in [-0.3, -0.25) is 14.5 Å². The molecule has 1 aliphatic carbocycles. The van der Waals surface area contributed by atoms with Gasteiger partial charge < -0.3 is 0 Å². The summed E-state index contributed by atoms with van der Waals surface area (Å²) < 4.78 is 0. The van der Waals surface area contributed by atoms with Gasteiger partial charge in [-0.25, -0.2) is 0 Å². The number of hydrogen-bond donors (Lipinski definition) is 0. The quantitative estimate of drug-likeness (QED) is 0.674. The number of nitrogens with zero attached hydrogens (tertiary/aromatic N) is 1. The molecule has 1 saturated carbocycles. The van der Waals surface area contributed by atoms with Crippen LogP contribution in [0, 0.1) is 5.92 Å². The van der Waals surface area contributed by atoms with Crippen molar-refractivity contribution < 1.29 is 9.59 Å². The number of rotatable bonds is 2. The SMILES string of the molecule is CCC(C)C(=O)N1C(=O)CC12CCCCC2. The lowest BCUT2D eigenvalue weighted by atomic mass is 9.71. The predicted molar refractivity (Wildman–Crippen MR) is 61.7 cm³/mol. The van der Waals surface area contributed by atoms with Crippen LogP contribution >= 0.6 is 0 Å². The molecule has 0 aromatic carbocycles. The van der Waals surface area contributed by atoms with Crippen molar-refractivity contribution >= 4 is 11.8 Å². The Kier molecular flexibility index (Phi) is 3.04. The zero-order chi connectivity index (χ0) is 11.8. The number of carbonyl (C=O) groups is 2. The largest absolute Gasteiger partial charge is 0.276 e. The third kappa shape index (κ3) is 1.66. The third-order valence-electron chi connectivity index (χ3n) is 4.24. The van der Waals surface area contributed by atoms with Crippen molar-refractivity contribution in [3.05, 3.63) is 0 Å². The highest BCUT2D eigenvalue weighted by Gasteiger charge is 2.54. The molecule has 0 bridgehead atoms. The molecular weight excluding hydrogens is 202 g/mol. The van der Waals surface area contributed by atoms with Gasteiger partial charge in [0.15, 0.2) is 0 Å². The van der Waals surface area contributed by atoms with E-state index in [0.717, 1.165) is 32.1 Å². The molecule has 3 heteroatoms. The number of carbonyl (C=O) groups excluding carboxylic acids is 2. The Morgan fingerprint density at radius 2 is 2.00 bits per heavy atom. The summed E-state index contributed by atoms with van der Waals surface area (Å²) in [5.74, 6) is 0.0934. The van der Waals surface area contributed by atoms with Crippen LogP contribution in [0.3, 0.4) is 0 Å². The Morgan fingerprint density at radius 1 is 1.38 bits per heavy atom. The zero-order valence-corrected chi connectivity index (χ0v) is 10.3. The standard InChI is InChI=1S/C13H21NO2/c1-3-10(2)12(16)14-11(15)9-13(14)7-5-4-6-8-13/h10H,3-9H2,1-2H3. The Hall–Kier alpha value is -0.860. The first kappa shape index (κ1) is 11.6. The normalized spacial score (nSPS) is 25.4. The number of amides is 2. The summed E-state index contributed by atoms with van der Waals surface area (Å²) >= 11 is 0. The summed E-state index contributed by atoms with van der Waals surface area (Å²) in [5.41, 5.74) is -0.0736. The summed E-state index contributed by atoms with van der Waals surface area (Å²) in [6, 6.07) is 0. The van der Waals surface area contributed by atoms with Crippen LogP contribution in [0.5, 0.6) is 0 Å². The van der Waals surface area contributed by atoms with Gasteiger partial charge in [-0.15, -0.1) is 0 Å². The second kappa shape index (κ2) is 4.19. The molecular formula is C13H21NO2. The number of imide groups is 1. The minimum absolute atomic E-state index is 0.0111. The van der Waals surface area contributed by atoms with Gasteiger partial charge in [0.2, 0.25) is 11.8 Å². The molecule has 2 aliphatic rings. The first-order chi connectivity index (χ1) is 7.60. The summed E-state index contributed by atoms with van der Waals surface area (Å²) in [6.45, 7) is 3.92. The molecule has 3 nitrogen and oxygen atoms in total. The van der Waals surface area contributed by atoms with Gasteiger partial charge in [0.1, 0.15) is 0 Å². The minimum atomic E-state index is -0.0736. The second-order valence-electron chi connectivity index (χ2n) is 5.34. The van der Waals surface area contributed by atoms with E-state index in [0.29, 0.717) is 6.42 Å². The van der Waals surface area contributed by atoms with Crippen molar-refractivity contribution in [3.63, 3.8) is 0 Å². The Balaban J connectivity index is 2.12. The molecule has 90 valence electrons. The molecule has 1 atom stereocenters. The first-order valence-corrected chi connectivity index (χ1v) is 6.47. The number of hydrogen-bond acceptors (Lipinski definition) is 2. The van der Waals surface area contributed by atoms with Crippen molar-refractivity contribution in [2.45, 2.75) is 64.3 Å². The first-order valence-electron chi connectivity index (χ1n) is 6.47. The molecule has 1 unspecified atom stereocenters. The van der Waals surface area contributed by atoms with E-state index in [2.05, 4.69) is 0 Å². The molecule has 1 spiro atoms. The molecule has 1 heterocycles. The lowest BCUT2D eigenvalue weighted by molar-refractivity contribution is -0.173. The highest BCUT2D eigenvalue weighted by Crippen LogP contribution is 2.44. The molecule has 16 heavy (non-hydrogen) atoms. The van der Waals surface area contributed by atoms with Crippen LogP contribution in [0.25, 0.3) is 0 Å². The van der Waals surface area contributed by atoms with Gasteiger partial charge in [-0.05, 0) is 19.3 Å². The molecule has 0 N–H and O–H groups in total. The minimum Gasteiger partial charge on any atom is -0.276 e. The van der Waals surface area contributed by atoms with Crippen molar-refractivity contribution in [1.82, 2.24) is 4.90 Å². The van der Waals surface area contributed by atoms with Gasteiger partial charge >= 0.3 is 0 Å². The topological polar surface area (TPSA) is 37.4 Å². The summed E-state index contributed by atoms with van der Waals surface area (Å²) in [5, 5.41) is 0. The van der Waals surface area contributed by atoms with E-state index < -0.39 is 0 Å². The van der Waals surface area contributed by atoms with E-state index in [-0.39, 0.29) is 23.3 Å². The molecule has 1 aliphatic heterocycles. The van der Waals surface area contributed by atoms with Gasteiger partial charge in [0.25, 0.3) is 0 Å². The van der Waals surface area contributed by atoms with Crippen LogP contribution < -0.4 is 0 Å². The lowest BCUT2D eigenvalue weighted by Crippen LogP contribution is -2.67. The van der Waals surface area contributed by atoms with E-state index in [1.165, 1.54) is 6.42 Å². The fourth-order valence-electron chi connectivity index (χ4n) is 2.97. The van der Waals surface area contributed by atoms with Crippen molar-refractivity contribution in [2.75, 3.05) is 0 Å². The summed E-state index contributed by atoms with van der Waals surface area (Å²) in [6.07, 6.45) is 7.06. The van der Waals surface area contributed by atoms with Crippen LogP contribution in [0.1, 0.15) is 58.8 Å². The fourth-order valence-corrected chi connectivity index (χ4v) is 2.97. The van der Waals surface area contributed by atoms with Crippen molar-refractivity contribution in [2.24, 2.45) is 5.92 Å². The summed E-state index contributed by atoms with van der Waals surface area (Å²) in [4.78, 5) is 25.4. The van der Waals surface area contributed by atoms with Crippen LogP contribution in [0.15, 0.2) is 0 Å². The average Bonchev–Trinajstić information content (AvgIpc) is 2.28. The fraction of sp³-hybridized carbons (Fsp3) is 0.846. The highest BCUT2D eigenvalue weighted by atomic mass is 16.2. The van der Waals surface area contributed by atoms with E-state index >= 15 is 0 Å². The van der Waals surface area contributed by atoms with Gasteiger partial charge in [-0.1, -0.05) is 33.1 Å². The Bertz CT molecular complexity index is 305. The third-order valence-corrected chi connectivity index (χ3v) is 4.24. The predicted octanol–water partition coefficient (Wildman–Crippen LogP) is 2.49. The lowest BCUT2D eigenvalue weighted by Gasteiger charge is -2.53. The van der Waals surface area contributed by atoms with E-state index in [4.69, 9.17) is 0 Å².